The topological polar surface area (TPSA) is 42.5 Å². The molecule has 1 fully saturated rings. The van der Waals surface area contributed by atoms with Gasteiger partial charge in [0.2, 0.25) is 0 Å². The highest BCUT2D eigenvalue weighted by Crippen LogP contribution is 2.37. The second-order valence-electron chi connectivity index (χ2n) is 6.10. The summed E-state index contributed by atoms with van der Waals surface area (Å²) in [6, 6.07) is 16.0. The molecule has 1 aliphatic rings. The summed E-state index contributed by atoms with van der Waals surface area (Å²) in [5.41, 5.74) is 4.27. The molecule has 4 heteroatoms. The smallest absolute Gasteiger partial charge is 0.196 e. The maximum absolute atomic E-state index is 13.0. The number of aryl methyl sites for hydroxylation is 1. The van der Waals surface area contributed by atoms with Gasteiger partial charge in [0.25, 0.3) is 0 Å². The molecule has 0 spiro atoms. The number of fused-ring (bicyclic) bond motifs is 1. The van der Waals surface area contributed by atoms with Crippen LogP contribution in [0.15, 0.2) is 53.0 Å². The Morgan fingerprint density at radius 1 is 1.12 bits per heavy atom. The third-order valence-corrected chi connectivity index (χ3v) is 4.95. The summed E-state index contributed by atoms with van der Waals surface area (Å²) in [6.45, 7) is 3.82. The number of nitrogens with zero attached hydrogens (tertiary/aromatic N) is 1. The van der Waals surface area contributed by atoms with Crippen LogP contribution < -0.4 is 0 Å². The van der Waals surface area contributed by atoms with Crippen LogP contribution in [0.3, 0.4) is 0 Å². The quantitative estimate of drug-likeness (QED) is 0.476. The average molecular weight is 382 g/mol. The molecule has 3 nitrogen and oxygen atoms in total. The van der Waals surface area contributed by atoms with Crippen LogP contribution in [0.1, 0.15) is 23.0 Å². The van der Waals surface area contributed by atoms with Gasteiger partial charge in [-0.2, -0.15) is 0 Å². The molecule has 0 bridgehead atoms. The van der Waals surface area contributed by atoms with E-state index in [0.717, 1.165) is 32.2 Å². The number of carbonyl (C=O) groups excluding carboxylic acids is 1. The molecule has 2 heterocycles. The number of hydrogen-bond acceptors (Lipinski definition) is 3. The highest BCUT2D eigenvalue weighted by molar-refractivity contribution is 9.10. The monoisotopic (exact) mass is 381 g/mol. The zero-order chi connectivity index (χ0) is 16.8. The highest BCUT2D eigenvalue weighted by atomic mass is 79.9. The fourth-order valence-electron chi connectivity index (χ4n) is 3.16. The Hall–Kier alpha value is -2.04. The summed E-state index contributed by atoms with van der Waals surface area (Å²) in [5.74, 6) is 0.0242. The number of Topliss-reactive ketones (excluding diaryl/α,β-unsaturated/α-hetero) is 1. The van der Waals surface area contributed by atoms with Crippen LogP contribution in [-0.4, -0.2) is 23.0 Å². The Bertz CT molecular complexity index is 950. The average Bonchev–Trinajstić information content (AvgIpc) is 3.31. The van der Waals surface area contributed by atoms with E-state index < -0.39 is 0 Å². The largest absolute Gasteiger partial charge is 0.361 e. The lowest BCUT2D eigenvalue weighted by Gasteiger charge is -2.14. The molecule has 24 heavy (non-hydrogen) atoms. The van der Waals surface area contributed by atoms with E-state index in [9.17, 15) is 4.79 Å². The van der Waals surface area contributed by atoms with E-state index >= 15 is 0 Å². The standard InChI is InChI=1S/C20H16BrNO2/c1-11-17(19(23)20-12(2)24-20)18(13-7-9-14(21)10-8-13)15-5-3-4-6-16(15)22-11/h3-10,12,20H,1-2H3/t12-,20+/m0/s1. The number of halogens is 1. The molecule has 0 aliphatic carbocycles. The number of epoxide rings is 1. The Labute approximate surface area is 148 Å². The Morgan fingerprint density at radius 3 is 2.46 bits per heavy atom. The van der Waals surface area contributed by atoms with Crippen molar-refractivity contribution >= 4 is 32.6 Å². The Morgan fingerprint density at radius 2 is 1.79 bits per heavy atom. The van der Waals surface area contributed by atoms with E-state index in [1.165, 1.54) is 0 Å². The maximum Gasteiger partial charge on any atom is 0.196 e. The van der Waals surface area contributed by atoms with Crippen molar-refractivity contribution in [1.29, 1.82) is 0 Å². The van der Waals surface area contributed by atoms with Gasteiger partial charge in [0.15, 0.2) is 5.78 Å². The van der Waals surface area contributed by atoms with Gasteiger partial charge in [-0.25, -0.2) is 0 Å². The second kappa shape index (κ2) is 5.80. The first-order valence-corrected chi connectivity index (χ1v) is 8.70. The first kappa shape index (κ1) is 15.5. The number of aromatic nitrogens is 1. The molecule has 0 saturated carbocycles. The van der Waals surface area contributed by atoms with Crippen molar-refractivity contribution < 1.29 is 9.53 Å². The Kier molecular flexibility index (Phi) is 3.74. The molecule has 1 saturated heterocycles. The molecular weight excluding hydrogens is 366 g/mol. The van der Waals surface area contributed by atoms with Crippen molar-refractivity contribution in [2.45, 2.75) is 26.1 Å². The van der Waals surface area contributed by atoms with Crippen LogP contribution in [0.5, 0.6) is 0 Å². The minimum atomic E-state index is -0.346. The van der Waals surface area contributed by atoms with Crippen molar-refractivity contribution in [3.63, 3.8) is 0 Å². The van der Waals surface area contributed by atoms with Gasteiger partial charge in [0.05, 0.1) is 17.2 Å². The summed E-state index contributed by atoms with van der Waals surface area (Å²) in [7, 11) is 0. The van der Waals surface area contributed by atoms with Gasteiger partial charge in [0, 0.05) is 21.1 Å². The molecule has 0 N–H and O–H groups in total. The van der Waals surface area contributed by atoms with Gasteiger partial charge >= 0.3 is 0 Å². The van der Waals surface area contributed by atoms with Crippen LogP contribution in [0, 0.1) is 6.92 Å². The zero-order valence-electron chi connectivity index (χ0n) is 13.4. The van der Waals surface area contributed by atoms with Crippen molar-refractivity contribution in [1.82, 2.24) is 4.98 Å². The molecule has 2 aromatic carbocycles. The Balaban J connectivity index is 2.03. The molecule has 0 unspecified atom stereocenters. The van der Waals surface area contributed by atoms with Crippen molar-refractivity contribution in [2.24, 2.45) is 0 Å². The maximum atomic E-state index is 13.0. The number of hydrogen-bond donors (Lipinski definition) is 0. The minimum Gasteiger partial charge on any atom is -0.361 e. The molecule has 0 amide bonds. The van der Waals surface area contributed by atoms with Crippen LogP contribution in [0.4, 0.5) is 0 Å². The van der Waals surface area contributed by atoms with Gasteiger partial charge in [-0.05, 0) is 37.6 Å². The predicted octanol–water partition coefficient (Wildman–Crippen LogP) is 4.94. The lowest BCUT2D eigenvalue weighted by Crippen LogP contribution is -2.14. The normalized spacial score (nSPS) is 19.5. The number of carbonyl (C=O) groups is 1. The molecule has 3 aromatic rings. The zero-order valence-corrected chi connectivity index (χ0v) is 15.0. The summed E-state index contributed by atoms with van der Waals surface area (Å²) < 4.78 is 6.43. The number of ether oxygens (including phenoxy) is 1. The molecule has 0 radical (unpaired) electrons. The fraction of sp³-hybridized carbons (Fsp3) is 0.200. The second-order valence-corrected chi connectivity index (χ2v) is 7.01. The van der Waals surface area contributed by atoms with E-state index in [-0.39, 0.29) is 18.0 Å². The van der Waals surface area contributed by atoms with E-state index in [1.54, 1.807) is 0 Å². The summed E-state index contributed by atoms with van der Waals surface area (Å²) in [6.07, 6.45) is -0.359. The first-order chi connectivity index (χ1) is 11.6. The van der Waals surface area contributed by atoms with Crippen molar-refractivity contribution in [3.05, 3.63) is 64.3 Å². The third kappa shape index (κ3) is 2.56. The first-order valence-electron chi connectivity index (χ1n) is 7.91. The summed E-state index contributed by atoms with van der Waals surface area (Å²) in [5, 5.41) is 0.988. The third-order valence-electron chi connectivity index (χ3n) is 4.42. The SMILES string of the molecule is Cc1nc2ccccc2c(-c2ccc(Br)cc2)c1C(=O)[C@@H]1O[C@H]1C. The van der Waals surface area contributed by atoms with E-state index in [1.807, 2.05) is 62.4 Å². The van der Waals surface area contributed by atoms with E-state index in [0.29, 0.717) is 5.56 Å². The van der Waals surface area contributed by atoms with Gasteiger partial charge in [-0.1, -0.05) is 46.3 Å². The molecular formula is C20H16BrNO2. The number of pyridine rings is 1. The summed E-state index contributed by atoms with van der Waals surface area (Å²) >= 11 is 3.47. The molecule has 1 aromatic heterocycles. The van der Waals surface area contributed by atoms with Gasteiger partial charge in [-0.3, -0.25) is 9.78 Å². The lowest BCUT2D eigenvalue weighted by atomic mass is 9.91. The van der Waals surface area contributed by atoms with Gasteiger partial charge in [0.1, 0.15) is 6.10 Å². The summed E-state index contributed by atoms with van der Waals surface area (Å²) in [4.78, 5) is 17.6. The van der Waals surface area contributed by atoms with Crippen LogP contribution in [-0.2, 0) is 4.74 Å². The molecule has 4 rings (SSSR count). The molecule has 120 valence electrons. The van der Waals surface area contributed by atoms with Crippen LogP contribution in [0.25, 0.3) is 22.0 Å². The number of benzene rings is 2. The lowest BCUT2D eigenvalue weighted by molar-refractivity contribution is 0.0953. The van der Waals surface area contributed by atoms with Crippen molar-refractivity contribution in [3.8, 4) is 11.1 Å². The molecule has 2 atom stereocenters. The van der Waals surface area contributed by atoms with Crippen LogP contribution in [0.2, 0.25) is 0 Å². The van der Waals surface area contributed by atoms with E-state index in [2.05, 4.69) is 20.9 Å². The van der Waals surface area contributed by atoms with Gasteiger partial charge < -0.3 is 4.74 Å². The number of para-hydroxylation sites is 1. The minimum absolute atomic E-state index is 0.0128. The van der Waals surface area contributed by atoms with Crippen LogP contribution >= 0.6 is 15.9 Å². The van der Waals surface area contributed by atoms with Crippen molar-refractivity contribution in [2.75, 3.05) is 0 Å². The van der Waals surface area contributed by atoms with Gasteiger partial charge in [-0.15, -0.1) is 0 Å². The number of ketones is 1. The highest BCUT2D eigenvalue weighted by Gasteiger charge is 2.43. The van der Waals surface area contributed by atoms with E-state index in [4.69, 9.17) is 4.74 Å². The fourth-order valence-corrected chi connectivity index (χ4v) is 3.42. The number of rotatable bonds is 3. The predicted molar refractivity (Wildman–Crippen MR) is 98.3 cm³/mol. The molecule has 1 aliphatic heterocycles.